The number of aryl methyl sites for hydroxylation is 4. The highest BCUT2D eigenvalue weighted by atomic mass is 32.2. The van der Waals surface area contributed by atoms with Gasteiger partial charge in [0.15, 0.2) is 5.16 Å². The molecule has 0 unspecified atom stereocenters. The summed E-state index contributed by atoms with van der Waals surface area (Å²) >= 11 is 1.65. The summed E-state index contributed by atoms with van der Waals surface area (Å²) in [6.07, 6.45) is 0.749. The molecular formula is C24H28N4O2S. The van der Waals surface area contributed by atoms with E-state index < -0.39 is 0 Å². The third-order valence-electron chi connectivity index (χ3n) is 5.54. The smallest absolute Gasteiger partial charge is 0.262 e. The number of ether oxygens (including phenoxy) is 1. The first-order valence-electron chi connectivity index (χ1n) is 10.6. The molecule has 0 saturated carbocycles. The fourth-order valence-corrected chi connectivity index (χ4v) is 5.21. The molecule has 6 nitrogen and oxygen atoms in total. The average molecular weight is 437 g/mol. The summed E-state index contributed by atoms with van der Waals surface area (Å²) in [5.41, 5.74) is 5.98. The number of hydrogen-bond donors (Lipinski definition) is 0. The molecule has 0 fully saturated rings. The van der Waals surface area contributed by atoms with Crippen LogP contribution in [-0.2, 0) is 17.0 Å². The summed E-state index contributed by atoms with van der Waals surface area (Å²) in [5.74, 6) is 1.39. The van der Waals surface area contributed by atoms with Crippen LogP contribution in [0.4, 0.5) is 0 Å². The van der Waals surface area contributed by atoms with Gasteiger partial charge in [-0.05, 0) is 62.9 Å². The predicted octanol–water partition coefficient (Wildman–Crippen LogP) is 4.69. The molecule has 4 aromatic rings. The Morgan fingerprint density at radius 3 is 2.55 bits per heavy atom. The molecular weight excluding hydrogens is 408 g/mol. The van der Waals surface area contributed by atoms with E-state index >= 15 is 0 Å². The SMILES string of the molecule is CCOCCCn1c(=O)c2ccccc2n2c(SCc3c(C)cc(C)cc3C)nnc12. The lowest BCUT2D eigenvalue weighted by atomic mass is 10.0. The van der Waals surface area contributed by atoms with Crippen molar-refractivity contribution < 1.29 is 4.74 Å². The van der Waals surface area contributed by atoms with E-state index in [2.05, 4.69) is 43.1 Å². The molecule has 0 radical (unpaired) electrons. The van der Waals surface area contributed by atoms with Crippen molar-refractivity contribution >= 4 is 28.4 Å². The Hall–Kier alpha value is -2.64. The van der Waals surface area contributed by atoms with Gasteiger partial charge in [0.1, 0.15) is 0 Å². The van der Waals surface area contributed by atoms with Gasteiger partial charge in [-0.15, -0.1) is 10.2 Å². The van der Waals surface area contributed by atoms with Crippen LogP contribution in [-0.4, -0.2) is 32.4 Å². The van der Waals surface area contributed by atoms with Crippen molar-refractivity contribution in [2.75, 3.05) is 13.2 Å². The molecule has 2 aromatic heterocycles. The van der Waals surface area contributed by atoms with Crippen molar-refractivity contribution in [1.82, 2.24) is 19.2 Å². The minimum atomic E-state index is -0.0335. The Balaban J connectivity index is 1.76. The Labute approximate surface area is 186 Å². The fraction of sp³-hybridized carbons (Fsp3) is 0.375. The van der Waals surface area contributed by atoms with Gasteiger partial charge in [-0.1, -0.05) is 41.6 Å². The number of thioether (sulfide) groups is 1. The molecule has 0 aliphatic rings. The summed E-state index contributed by atoms with van der Waals surface area (Å²) in [6.45, 7) is 10.2. The molecule has 0 spiro atoms. The number of aromatic nitrogens is 4. The van der Waals surface area contributed by atoms with E-state index in [-0.39, 0.29) is 5.56 Å². The lowest BCUT2D eigenvalue weighted by molar-refractivity contribution is 0.141. The highest BCUT2D eigenvalue weighted by Gasteiger charge is 2.17. The van der Waals surface area contributed by atoms with Gasteiger partial charge in [-0.3, -0.25) is 13.8 Å². The molecule has 162 valence electrons. The molecule has 2 heterocycles. The Kier molecular flexibility index (Phi) is 6.43. The van der Waals surface area contributed by atoms with Crippen molar-refractivity contribution in [3.8, 4) is 0 Å². The average Bonchev–Trinajstić information content (AvgIpc) is 3.16. The minimum absolute atomic E-state index is 0.0335. The van der Waals surface area contributed by atoms with Crippen LogP contribution < -0.4 is 5.56 Å². The van der Waals surface area contributed by atoms with E-state index in [1.54, 1.807) is 16.3 Å². The van der Waals surface area contributed by atoms with Crippen LogP contribution in [0.25, 0.3) is 16.7 Å². The van der Waals surface area contributed by atoms with E-state index in [0.717, 1.165) is 22.8 Å². The molecule has 31 heavy (non-hydrogen) atoms. The van der Waals surface area contributed by atoms with Gasteiger partial charge in [0.2, 0.25) is 5.78 Å². The van der Waals surface area contributed by atoms with Crippen molar-refractivity contribution in [3.63, 3.8) is 0 Å². The topological polar surface area (TPSA) is 61.4 Å². The molecule has 0 aliphatic carbocycles. The highest BCUT2D eigenvalue weighted by molar-refractivity contribution is 7.98. The minimum Gasteiger partial charge on any atom is -0.382 e. The number of benzene rings is 2. The second-order valence-electron chi connectivity index (χ2n) is 7.81. The summed E-state index contributed by atoms with van der Waals surface area (Å²) in [7, 11) is 0. The maximum Gasteiger partial charge on any atom is 0.262 e. The first kappa shape index (κ1) is 21.6. The van der Waals surface area contributed by atoms with E-state index in [0.29, 0.717) is 30.9 Å². The zero-order valence-electron chi connectivity index (χ0n) is 18.5. The van der Waals surface area contributed by atoms with Gasteiger partial charge in [0, 0.05) is 25.5 Å². The van der Waals surface area contributed by atoms with E-state index in [9.17, 15) is 4.79 Å². The Morgan fingerprint density at radius 2 is 1.81 bits per heavy atom. The number of nitrogens with zero attached hydrogens (tertiary/aromatic N) is 4. The maximum absolute atomic E-state index is 13.2. The Morgan fingerprint density at radius 1 is 1.06 bits per heavy atom. The van der Waals surface area contributed by atoms with Crippen molar-refractivity contribution in [1.29, 1.82) is 0 Å². The standard InChI is InChI=1S/C24H28N4O2S/c1-5-30-12-8-11-27-22(29)19-9-6-7-10-21(19)28-23(27)25-26-24(28)31-15-20-17(3)13-16(2)14-18(20)4/h6-7,9-10,13-14H,5,8,11-12,15H2,1-4H3. The van der Waals surface area contributed by atoms with Crippen LogP contribution in [0, 0.1) is 20.8 Å². The zero-order chi connectivity index (χ0) is 22.0. The van der Waals surface area contributed by atoms with Crippen LogP contribution in [0.1, 0.15) is 35.6 Å². The van der Waals surface area contributed by atoms with Gasteiger partial charge in [-0.2, -0.15) is 0 Å². The van der Waals surface area contributed by atoms with E-state index in [1.165, 1.54) is 22.3 Å². The third-order valence-corrected chi connectivity index (χ3v) is 6.49. The molecule has 4 rings (SSSR count). The molecule has 0 saturated heterocycles. The normalized spacial score (nSPS) is 11.6. The lowest BCUT2D eigenvalue weighted by Crippen LogP contribution is -2.24. The quantitative estimate of drug-likeness (QED) is 0.296. The molecule has 7 heteroatoms. The van der Waals surface area contributed by atoms with E-state index in [1.807, 2.05) is 35.6 Å². The maximum atomic E-state index is 13.2. The molecule has 0 amide bonds. The second kappa shape index (κ2) is 9.24. The van der Waals surface area contributed by atoms with Gasteiger partial charge < -0.3 is 4.74 Å². The van der Waals surface area contributed by atoms with Crippen LogP contribution >= 0.6 is 11.8 Å². The monoisotopic (exact) mass is 436 g/mol. The summed E-state index contributed by atoms with van der Waals surface area (Å²) < 4.78 is 9.19. The molecule has 0 N–H and O–H groups in total. The van der Waals surface area contributed by atoms with Crippen LogP contribution in [0.15, 0.2) is 46.3 Å². The fourth-order valence-electron chi connectivity index (χ4n) is 4.07. The van der Waals surface area contributed by atoms with Gasteiger partial charge in [-0.25, -0.2) is 0 Å². The third kappa shape index (κ3) is 4.25. The second-order valence-corrected chi connectivity index (χ2v) is 8.75. The number of hydrogen-bond acceptors (Lipinski definition) is 5. The van der Waals surface area contributed by atoms with Crippen molar-refractivity contribution in [2.45, 2.75) is 51.6 Å². The van der Waals surface area contributed by atoms with Crippen molar-refractivity contribution in [2.24, 2.45) is 0 Å². The van der Waals surface area contributed by atoms with Gasteiger partial charge in [0.05, 0.1) is 10.9 Å². The van der Waals surface area contributed by atoms with E-state index in [4.69, 9.17) is 4.74 Å². The summed E-state index contributed by atoms with van der Waals surface area (Å²) in [4.78, 5) is 13.2. The zero-order valence-corrected chi connectivity index (χ0v) is 19.3. The summed E-state index contributed by atoms with van der Waals surface area (Å²) in [5, 5.41) is 10.4. The molecule has 0 bridgehead atoms. The number of rotatable bonds is 8. The van der Waals surface area contributed by atoms with Gasteiger partial charge >= 0.3 is 0 Å². The number of fused-ring (bicyclic) bond motifs is 3. The lowest BCUT2D eigenvalue weighted by Gasteiger charge is -2.12. The van der Waals surface area contributed by atoms with Gasteiger partial charge in [0.25, 0.3) is 5.56 Å². The van der Waals surface area contributed by atoms with Crippen LogP contribution in [0.2, 0.25) is 0 Å². The highest BCUT2D eigenvalue weighted by Crippen LogP contribution is 2.28. The number of para-hydroxylation sites is 1. The first-order valence-corrected chi connectivity index (χ1v) is 11.6. The van der Waals surface area contributed by atoms with Crippen LogP contribution in [0.3, 0.4) is 0 Å². The Bertz CT molecular complexity index is 1270. The largest absolute Gasteiger partial charge is 0.382 e. The first-order chi connectivity index (χ1) is 15.0. The van der Waals surface area contributed by atoms with Crippen LogP contribution in [0.5, 0.6) is 0 Å². The van der Waals surface area contributed by atoms with Crippen molar-refractivity contribution in [3.05, 3.63) is 69.0 Å². The molecule has 0 aliphatic heterocycles. The molecule has 0 atom stereocenters. The predicted molar refractivity (Wildman–Crippen MR) is 126 cm³/mol. The molecule has 2 aromatic carbocycles. The summed E-state index contributed by atoms with van der Waals surface area (Å²) in [6, 6.07) is 12.1.